The van der Waals surface area contributed by atoms with E-state index in [2.05, 4.69) is 9.89 Å². The number of hydrogen-bond acceptors (Lipinski definition) is 3. The molecule has 0 amide bonds. The van der Waals surface area contributed by atoms with Gasteiger partial charge in [-0.15, -0.1) is 0 Å². The molecule has 4 heteroatoms. The van der Waals surface area contributed by atoms with Gasteiger partial charge < -0.3 is 15.4 Å². The van der Waals surface area contributed by atoms with Crippen molar-refractivity contribution >= 4 is 5.84 Å². The zero-order valence-electron chi connectivity index (χ0n) is 10.6. The van der Waals surface area contributed by atoms with Crippen LogP contribution in [-0.4, -0.2) is 51.1 Å². The van der Waals surface area contributed by atoms with Crippen molar-refractivity contribution in [2.75, 3.05) is 40.4 Å². The van der Waals surface area contributed by atoms with Crippen molar-refractivity contribution in [3.63, 3.8) is 0 Å². The van der Waals surface area contributed by atoms with Crippen LogP contribution in [0.5, 0.6) is 0 Å². The summed E-state index contributed by atoms with van der Waals surface area (Å²) in [5, 5.41) is 0. The number of amidine groups is 1. The monoisotopic (exact) mass is 227 g/mol. The van der Waals surface area contributed by atoms with Gasteiger partial charge >= 0.3 is 0 Å². The van der Waals surface area contributed by atoms with Crippen LogP contribution in [-0.2, 0) is 4.74 Å². The second-order valence-corrected chi connectivity index (χ2v) is 4.70. The van der Waals surface area contributed by atoms with Gasteiger partial charge in [0.2, 0.25) is 0 Å². The molecule has 0 aromatic heterocycles. The molecule has 0 aromatic carbocycles. The number of likely N-dealkylation sites (N-methyl/N-ethyl adjacent to an activating group) is 1. The average Bonchev–Trinajstić information content (AvgIpc) is 2.75. The van der Waals surface area contributed by atoms with Gasteiger partial charge in [0.15, 0.2) is 0 Å². The lowest BCUT2D eigenvalue weighted by Crippen LogP contribution is -2.23. The van der Waals surface area contributed by atoms with E-state index >= 15 is 0 Å². The van der Waals surface area contributed by atoms with Crippen LogP contribution in [0, 0.1) is 5.92 Å². The zero-order valence-corrected chi connectivity index (χ0v) is 10.6. The number of hydrogen-bond donors (Lipinski definition) is 1. The van der Waals surface area contributed by atoms with Gasteiger partial charge in [0, 0.05) is 12.5 Å². The van der Waals surface area contributed by atoms with E-state index in [4.69, 9.17) is 10.5 Å². The number of aliphatic imine (C=N–C) groups is 1. The third-order valence-electron chi connectivity index (χ3n) is 2.99. The molecular weight excluding hydrogens is 202 g/mol. The molecule has 94 valence electrons. The van der Waals surface area contributed by atoms with E-state index in [-0.39, 0.29) is 0 Å². The summed E-state index contributed by atoms with van der Waals surface area (Å²) in [7, 11) is 4.08. The SMILES string of the molecule is CN(C)CCOCCN=C(N)C1CCCC1. The average molecular weight is 227 g/mol. The molecule has 0 aliphatic heterocycles. The highest BCUT2D eigenvalue weighted by atomic mass is 16.5. The fraction of sp³-hybridized carbons (Fsp3) is 0.917. The Morgan fingerprint density at radius 1 is 1.31 bits per heavy atom. The van der Waals surface area contributed by atoms with Crippen LogP contribution in [0.25, 0.3) is 0 Å². The zero-order chi connectivity index (χ0) is 11.8. The van der Waals surface area contributed by atoms with Crippen LogP contribution in [0.4, 0.5) is 0 Å². The standard InChI is InChI=1S/C12H25N3O/c1-15(2)8-10-16-9-7-14-12(13)11-5-3-4-6-11/h11H,3-10H2,1-2H3,(H2,13,14). The molecule has 0 heterocycles. The smallest absolute Gasteiger partial charge is 0.0969 e. The molecule has 0 atom stereocenters. The predicted molar refractivity (Wildman–Crippen MR) is 67.8 cm³/mol. The Hall–Kier alpha value is -0.610. The molecule has 1 aliphatic rings. The lowest BCUT2D eigenvalue weighted by molar-refractivity contribution is 0.124. The summed E-state index contributed by atoms with van der Waals surface area (Å²) < 4.78 is 5.45. The first-order valence-electron chi connectivity index (χ1n) is 6.22. The topological polar surface area (TPSA) is 50.8 Å². The van der Waals surface area contributed by atoms with Gasteiger partial charge in [0.25, 0.3) is 0 Å². The van der Waals surface area contributed by atoms with Gasteiger partial charge in [0.1, 0.15) is 0 Å². The molecule has 0 aromatic rings. The van der Waals surface area contributed by atoms with Crippen molar-refractivity contribution in [2.24, 2.45) is 16.6 Å². The summed E-state index contributed by atoms with van der Waals surface area (Å²) in [6, 6.07) is 0. The Morgan fingerprint density at radius 3 is 2.62 bits per heavy atom. The molecular formula is C12H25N3O. The Kier molecular flexibility index (Phi) is 6.42. The van der Waals surface area contributed by atoms with Gasteiger partial charge in [-0.1, -0.05) is 12.8 Å². The van der Waals surface area contributed by atoms with Crippen molar-refractivity contribution < 1.29 is 4.74 Å². The molecule has 0 spiro atoms. The molecule has 0 bridgehead atoms. The van der Waals surface area contributed by atoms with Crippen LogP contribution < -0.4 is 5.73 Å². The van der Waals surface area contributed by atoms with Crippen LogP contribution >= 0.6 is 0 Å². The Balaban J connectivity index is 2.02. The Labute approximate surface area is 98.9 Å². The third kappa shape index (κ3) is 5.47. The Morgan fingerprint density at radius 2 is 2.00 bits per heavy atom. The van der Waals surface area contributed by atoms with Gasteiger partial charge in [-0.05, 0) is 26.9 Å². The third-order valence-corrected chi connectivity index (χ3v) is 2.99. The fourth-order valence-electron chi connectivity index (χ4n) is 1.94. The fourth-order valence-corrected chi connectivity index (χ4v) is 1.94. The lowest BCUT2D eigenvalue weighted by Gasteiger charge is -2.10. The van der Waals surface area contributed by atoms with Gasteiger partial charge in [-0.3, -0.25) is 4.99 Å². The van der Waals surface area contributed by atoms with Gasteiger partial charge in [0.05, 0.1) is 25.6 Å². The summed E-state index contributed by atoms with van der Waals surface area (Å²) in [5.74, 6) is 1.38. The second-order valence-electron chi connectivity index (χ2n) is 4.70. The van der Waals surface area contributed by atoms with Crippen molar-refractivity contribution in [1.82, 2.24) is 4.90 Å². The van der Waals surface area contributed by atoms with Crippen LogP contribution in [0.3, 0.4) is 0 Å². The number of ether oxygens (including phenoxy) is 1. The molecule has 1 saturated carbocycles. The highest BCUT2D eigenvalue weighted by Crippen LogP contribution is 2.24. The van der Waals surface area contributed by atoms with Crippen molar-refractivity contribution in [3.8, 4) is 0 Å². The minimum absolute atomic E-state index is 0.543. The van der Waals surface area contributed by atoms with Crippen LogP contribution in [0.15, 0.2) is 4.99 Å². The number of nitrogens with zero attached hydrogens (tertiary/aromatic N) is 2. The summed E-state index contributed by atoms with van der Waals surface area (Å²) in [4.78, 5) is 6.49. The maximum absolute atomic E-state index is 5.93. The van der Waals surface area contributed by atoms with E-state index in [9.17, 15) is 0 Å². The first kappa shape index (κ1) is 13.5. The predicted octanol–water partition coefficient (Wildman–Crippen LogP) is 1.11. The summed E-state index contributed by atoms with van der Waals surface area (Å²) >= 11 is 0. The van der Waals surface area contributed by atoms with E-state index in [0.29, 0.717) is 19.1 Å². The first-order chi connectivity index (χ1) is 7.70. The highest BCUT2D eigenvalue weighted by Gasteiger charge is 2.17. The molecule has 1 rings (SSSR count). The summed E-state index contributed by atoms with van der Waals surface area (Å²) in [6.07, 6.45) is 5.05. The summed E-state index contributed by atoms with van der Waals surface area (Å²) in [5.41, 5.74) is 5.93. The van der Waals surface area contributed by atoms with Crippen molar-refractivity contribution in [3.05, 3.63) is 0 Å². The van der Waals surface area contributed by atoms with Gasteiger partial charge in [-0.2, -0.15) is 0 Å². The largest absolute Gasteiger partial charge is 0.387 e. The van der Waals surface area contributed by atoms with Crippen LogP contribution in [0.1, 0.15) is 25.7 Å². The first-order valence-corrected chi connectivity index (χ1v) is 6.22. The Bertz CT molecular complexity index is 210. The quantitative estimate of drug-likeness (QED) is 0.403. The van der Waals surface area contributed by atoms with E-state index in [1.54, 1.807) is 0 Å². The van der Waals surface area contributed by atoms with E-state index in [1.165, 1.54) is 25.7 Å². The molecule has 0 saturated heterocycles. The normalized spacial score (nSPS) is 18.6. The molecule has 0 unspecified atom stereocenters. The van der Waals surface area contributed by atoms with E-state index in [0.717, 1.165) is 19.0 Å². The van der Waals surface area contributed by atoms with E-state index < -0.39 is 0 Å². The number of nitrogens with two attached hydrogens (primary N) is 1. The molecule has 16 heavy (non-hydrogen) atoms. The molecule has 2 N–H and O–H groups in total. The van der Waals surface area contributed by atoms with E-state index in [1.807, 2.05) is 14.1 Å². The molecule has 4 nitrogen and oxygen atoms in total. The lowest BCUT2D eigenvalue weighted by atomic mass is 10.1. The molecule has 1 fully saturated rings. The van der Waals surface area contributed by atoms with Crippen LogP contribution in [0.2, 0.25) is 0 Å². The summed E-state index contributed by atoms with van der Waals surface area (Å²) in [6.45, 7) is 3.12. The minimum Gasteiger partial charge on any atom is -0.387 e. The van der Waals surface area contributed by atoms with Gasteiger partial charge in [-0.25, -0.2) is 0 Å². The maximum atomic E-state index is 5.93. The maximum Gasteiger partial charge on any atom is 0.0969 e. The number of rotatable bonds is 7. The molecule has 0 radical (unpaired) electrons. The second kappa shape index (κ2) is 7.63. The molecule has 1 aliphatic carbocycles. The highest BCUT2D eigenvalue weighted by molar-refractivity contribution is 5.83. The van der Waals surface area contributed by atoms with Crippen molar-refractivity contribution in [1.29, 1.82) is 0 Å². The minimum atomic E-state index is 0.543. The van der Waals surface area contributed by atoms with Crippen molar-refractivity contribution in [2.45, 2.75) is 25.7 Å².